The van der Waals surface area contributed by atoms with Crippen LogP contribution in [0.3, 0.4) is 0 Å². The van der Waals surface area contributed by atoms with E-state index in [-0.39, 0.29) is 11.9 Å². The summed E-state index contributed by atoms with van der Waals surface area (Å²) in [6, 6.07) is 7.22. The molecular weight excluding hydrogens is 190 g/mol. The number of hydrogen-bond donors (Lipinski definition) is 3. The fraction of sp³-hybridized carbons (Fsp3) is 0.333. The lowest BCUT2D eigenvalue weighted by Crippen LogP contribution is -2.32. The van der Waals surface area contributed by atoms with E-state index < -0.39 is 0 Å². The normalized spacial score (nSPS) is 21.1. The highest BCUT2D eigenvalue weighted by Crippen LogP contribution is 2.15. The van der Waals surface area contributed by atoms with E-state index in [4.69, 9.17) is 0 Å². The number of phenols is 1. The molecule has 80 valence electrons. The van der Waals surface area contributed by atoms with E-state index in [2.05, 4.69) is 5.32 Å². The van der Waals surface area contributed by atoms with Crippen LogP contribution in [-0.2, 0) is 6.42 Å². The Balaban J connectivity index is 2.08. The van der Waals surface area contributed by atoms with Crippen molar-refractivity contribution >= 4 is 0 Å². The molecule has 3 nitrogen and oxygen atoms in total. The SMILES string of the molecule is Oc1cccc(CC2=CC(O)CNC2)c1. The van der Waals surface area contributed by atoms with Gasteiger partial charge in [-0.25, -0.2) is 0 Å². The molecule has 1 aromatic carbocycles. The first kappa shape index (κ1) is 10.2. The van der Waals surface area contributed by atoms with Gasteiger partial charge in [-0.1, -0.05) is 23.8 Å². The molecule has 1 aliphatic heterocycles. The highest BCUT2D eigenvalue weighted by atomic mass is 16.3. The zero-order valence-electron chi connectivity index (χ0n) is 8.48. The number of aromatic hydroxyl groups is 1. The summed E-state index contributed by atoms with van der Waals surface area (Å²) < 4.78 is 0. The summed E-state index contributed by atoms with van der Waals surface area (Å²) in [6.45, 7) is 1.44. The Kier molecular flexibility index (Phi) is 3.04. The van der Waals surface area contributed by atoms with Crippen molar-refractivity contribution in [3.8, 4) is 5.75 Å². The van der Waals surface area contributed by atoms with Gasteiger partial charge in [0.05, 0.1) is 6.10 Å². The highest BCUT2D eigenvalue weighted by Gasteiger charge is 2.10. The number of nitrogens with one attached hydrogen (secondary N) is 1. The minimum atomic E-state index is -0.383. The molecule has 1 atom stereocenters. The van der Waals surface area contributed by atoms with Gasteiger partial charge in [0.15, 0.2) is 0 Å². The van der Waals surface area contributed by atoms with Crippen molar-refractivity contribution in [3.63, 3.8) is 0 Å². The summed E-state index contributed by atoms with van der Waals surface area (Å²) in [5.74, 6) is 0.289. The smallest absolute Gasteiger partial charge is 0.115 e. The third kappa shape index (κ3) is 2.81. The maximum Gasteiger partial charge on any atom is 0.115 e. The number of aliphatic hydroxyl groups is 1. The molecule has 0 amide bonds. The molecule has 1 heterocycles. The Morgan fingerprint density at radius 1 is 1.40 bits per heavy atom. The molecule has 1 aliphatic rings. The van der Waals surface area contributed by atoms with E-state index >= 15 is 0 Å². The summed E-state index contributed by atoms with van der Waals surface area (Å²) in [7, 11) is 0. The van der Waals surface area contributed by atoms with Gasteiger partial charge in [0.25, 0.3) is 0 Å². The van der Waals surface area contributed by atoms with E-state index in [1.165, 1.54) is 5.57 Å². The van der Waals surface area contributed by atoms with Gasteiger partial charge in [0.2, 0.25) is 0 Å². The first-order valence-electron chi connectivity index (χ1n) is 5.10. The van der Waals surface area contributed by atoms with Crippen molar-refractivity contribution in [3.05, 3.63) is 41.5 Å². The molecule has 0 saturated carbocycles. The van der Waals surface area contributed by atoms with Gasteiger partial charge in [-0.15, -0.1) is 0 Å². The minimum absolute atomic E-state index is 0.289. The lowest BCUT2D eigenvalue weighted by atomic mass is 10.0. The van der Waals surface area contributed by atoms with E-state index in [1.807, 2.05) is 18.2 Å². The van der Waals surface area contributed by atoms with Crippen LogP contribution >= 0.6 is 0 Å². The molecule has 0 radical (unpaired) electrons. The second-order valence-corrected chi connectivity index (χ2v) is 3.87. The summed E-state index contributed by atoms with van der Waals surface area (Å²) >= 11 is 0. The molecule has 2 rings (SSSR count). The first-order valence-corrected chi connectivity index (χ1v) is 5.10. The third-order valence-corrected chi connectivity index (χ3v) is 2.48. The van der Waals surface area contributed by atoms with Crippen LogP contribution < -0.4 is 5.32 Å². The lowest BCUT2D eigenvalue weighted by Gasteiger charge is -2.18. The summed E-state index contributed by atoms with van der Waals surface area (Å²) in [6.07, 6.45) is 2.28. The minimum Gasteiger partial charge on any atom is -0.508 e. The van der Waals surface area contributed by atoms with Crippen LogP contribution in [0.4, 0.5) is 0 Å². The quantitative estimate of drug-likeness (QED) is 0.627. The number of β-amino-alcohol motifs (C(OH)–C–C–N with tert-alkyl or cyclic N) is 1. The third-order valence-electron chi connectivity index (χ3n) is 2.48. The molecule has 3 heteroatoms. The van der Waals surface area contributed by atoms with Crippen molar-refractivity contribution in [2.45, 2.75) is 12.5 Å². The van der Waals surface area contributed by atoms with Crippen LogP contribution in [0.25, 0.3) is 0 Å². The van der Waals surface area contributed by atoms with Crippen LogP contribution in [0, 0.1) is 0 Å². The van der Waals surface area contributed by atoms with Gasteiger partial charge in [0.1, 0.15) is 5.75 Å². The Labute approximate surface area is 89.1 Å². The van der Waals surface area contributed by atoms with Gasteiger partial charge >= 0.3 is 0 Å². The Morgan fingerprint density at radius 3 is 3.00 bits per heavy atom. The van der Waals surface area contributed by atoms with Crippen LogP contribution in [0.15, 0.2) is 35.9 Å². The second-order valence-electron chi connectivity index (χ2n) is 3.87. The highest BCUT2D eigenvalue weighted by molar-refractivity contribution is 5.31. The summed E-state index contributed by atoms with van der Waals surface area (Å²) in [4.78, 5) is 0. The molecular formula is C12H15NO2. The van der Waals surface area contributed by atoms with Gasteiger partial charge in [-0.3, -0.25) is 0 Å². The van der Waals surface area contributed by atoms with E-state index in [0.717, 1.165) is 18.5 Å². The molecule has 0 fully saturated rings. The van der Waals surface area contributed by atoms with Crippen molar-refractivity contribution < 1.29 is 10.2 Å². The molecule has 1 aromatic rings. The van der Waals surface area contributed by atoms with Crippen molar-refractivity contribution in [2.75, 3.05) is 13.1 Å². The van der Waals surface area contributed by atoms with Crippen molar-refractivity contribution in [1.82, 2.24) is 5.32 Å². The van der Waals surface area contributed by atoms with Gasteiger partial charge in [-0.2, -0.15) is 0 Å². The van der Waals surface area contributed by atoms with E-state index in [1.54, 1.807) is 12.1 Å². The average Bonchev–Trinajstić information content (AvgIpc) is 2.17. The predicted octanol–water partition coefficient (Wildman–Crippen LogP) is 0.825. The molecule has 3 N–H and O–H groups in total. The van der Waals surface area contributed by atoms with Crippen LogP contribution in [0.5, 0.6) is 5.75 Å². The molecule has 0 aromatic heterocycles. The molecule has 0 spiro atoms. The van der Waals surface area contributed by atoms with Gasteiger partial charge < -0.3 is 15.5 Å². The second kappa shape index (κ2) is 4.47. The molecule has 1 unspecified atom stereocenters. The van der Waals surface area contributed by atoms with E-state index in [9.17, 15) is 10.2 Å². The Hall–Kier alpha value is -1.32. The molecule has 15 heavy (non-hydrogen) atoms. The monoisotopic (exact) mass is 205 g/mol. The van der Waals surface area contributed by atoms with Crippen LogP contribution in [-0.4, -0.2) is 29.4 Å². The topological polar surface area (TPSA) is 52.5 Å². The van der Waals surface area contributed by atoms with Gasteiger partial charge in [-0.05, 0) is 24.1 Å². The molecule has 0 bridgehead atoms. The number of hydrogen-bond acceptors (Lipinski definition) is 3. The maximum absolute atomic E-state index is 9.42. The first-order chi connectivity index (χ1) is 7.24. The Bertz CT molecular complexity index is 374. The maximum atomic E-state index is 9.42. The standard InChI is InChI=1S/C12H15NO2/c14-11-3-1-2-9(5-11)4-10-6-12(15)8-13-7-10/h1-3,5-6,12-15H,4,7-8H2. The van der Waals surface area contributed by atoms with Crippen LogP contribution in [0.2, 0.25) is 0 Å². The number of phenolic OH excluding ortho intramolecular Hbond substituents is 1. The lowest BCUT2D eigenvalue weighted by molar-refractivity contribution is 0.213. The fourth-order valence-electron chi connectivity index (χ4n) is 1.82. The zero-order chi connectivity index (χ0) is 10.7. The van der Waals surface area contributed by atoms with E-state index in [0.29, 0.717) is 6.54 Å². The zero-order valence-corrected chi connectivity index (χ0v) is 8.48. The largest absolute Gasteiger partial charge is 0.508 e. The van der Waals surface area contributed by atoms with Gasteiger partial charge in [0, 0.05) is 13.1 Å². The van der Waals surface area contributed by atoms with Crippen LogP contribution in [0.1, 0.15) is 5.56 Å². The molecule has 0 aliphatic carbocycles. The number of aliphatic hydroxyl groups excluding tert-OH is 1. The average molecular weight is 205 g/mol. The van der Waals surface area contributed by atoms with Crippen molar-refractivity contribution in [2.24, 2.45) is 0 Å². The number of benzene rings is 1. The fourth-order valence-corrected chi connectivity index (χ4v) is 1.82. The number of rotatable bonds is 2. The summed E-state index contributed by atoms with van der Waals surface area (Å²) in [5.41, 5.74) is 2.23. The Morgan fingerprint density at radius 2 is 2.27 bits per heavy atom. The molecule has 0 saturated heterocycles. The summed E-state index contributed by atoms with van der Waals surface area (Å²) in [5, 5.41) is 21.9. The predicted molar refractivity (Wildman–Crippen MR) is 58.8 cm³/mol. The van der Waals surface area contributed by atoms with Crippen molar-refractivity contribution in [1.29, 1.82) is 0 Å².